The third kappa shape index (κ3) is 2.70. The lowest BCUT2D eigenvalue weighted by molar-refractivity contribution is -0.121. The summed E-state index contributed by atoms with van der Waals surface area (Å²) >= 11 is 0. The van der Waals surface area contributed by atoms with Crippen molar-refractivity contribution in [3.05, 3.63) is 59.4 Å². The van der Waals surface area contributed by atoms with E-state index in [0.29, 0.717) is 0 Å². The van der Waals surface area contributed by atoms with Gasteiger partial charge < -0.3 is 5.32 Å². The van der Waals surface area contributed by atoms with Crippen molar-refractivity contribution in [2.24, 2.45) is 0 Å². The second-order valence-corrected chi connectivity index (χ2v) is 5.67. The quantitative estimate of drug-likeness (QED) is 0.886. The molecule has 0 saturated carbocycles. The lowest BCUT2D eigenvalue weighted by Gasteiger charge is -2.18. The minimum Gasteiger partial charge on any atom is -0.373 e. The van der Waals surface area contributed by atoms with Gasteiger partial charge in [-0.1, -0.05) is 24.3 Å². The number of amides is 2. The van der Waals surface area contributed by atoms with E-state index in [2.05, 4.69) is 5.32 Å². The standard InChI is InChI=1S/C18H17FN2O2/c1-11-6-5-8-14(12(11)2)20-15-10-17(22)21(18(15)23)16-9-4-3-7-13(16)19/h3-9,15,20H,10H2,1-2H3. The summed E-state index contributed by atoms with van der Waals surface area (Å²) in [6.07, 6.45) is 0.0144. The van der Waals surface area contributed by atoms with E-state index in [1.54, 1.807) is 6.07 Å². The highest BCUT2D eigenvalue weighted by Crippen LogP contribution is 2.28. The molecule has 0 aliphatic carbocycles. The van der Waals surface area contributed by atoms with Gasteiger partial charge in [0.2, 0.25) is 5.91 Å². The molecular formula is C18H17FN2O2. The van der Waals surface area contributed by atoms with Crippen LogP contribution in [0.25, 0.3) is 0 Å². The molecule has 4 nitrogen and oxygen atoms in total. The zero-order valence-electron chi connectivity index (χ0n) is 13.0. The molecule has 23 heavy (non-hydrogen) atoms. The molecule has 2 aromatic carbocycles. The number of hydrogen-bond acceptors (Lipinski definition) is 3. The van der Waals surface area contributed by atoms with Crippen molar-refractivity contribution >= 4 is 23.2 Å². The van der Waals surface area contributed by atoms with Crippen LogP contribution in [0, 0.1) is 19.7 Å². The van der Waals surface area contributed by atoms with Gasteiger partial charge in [0.1, 0.15) is 11.9 Å². The van der Waals surface area contributed by atoms with Gasteiger partial charge in [0.15, 0.2) is 0 Å². The summed E-state index contributed by atoms with van der Waals surface area (Å²) in [7, 11) is 0. The number of anilines is 2. The van der Waals surface area contributed by atoms with Crippen molar-refractivity contribution in [2.45, 2.75) is 26.3 Å². The molecule has 3 rings (SSSR count). The van der Waals surface area contributed by atoms with Crippen molar-refractivity contribution in [1.82, 2.24) is 0 Å². The first kappa shape index (κ1) is 15.2. The average Bonchev–Trinajstić information content (AvgIpc) is 2.79. The third-order valence-electron chi connectivity index (χ3n) is 4.17. The highest BCUT2D eigenvalue weighted by Gasteiger charge is 2.40. The van der Waals surface area contributed by atoms with Gasteiger partial charge in [0, 0.05) is 5.69 Å². The molecular weight excluding hydrogens is 295 g/mol. The molecule has 2 amide bonds. The van der Waals surface area contributed by atoms with Crippen molar-refractivity contribution < 1.29 is 14.0 Å². The molecule has 118 valence electrons. The van der Waals surface area contributed by atoms with E-state index in [0.717, 1.165) is 21.7 Å². The lowest BCUT2D eigenvalue weighted by Crippen LogP contribution is -2.35. The Kier molecular flexibility index (Phi) is 3.86. The van der Waals surface area contributed by atoms with Crippen LogP contribution in [-0.4, -0.2) is 17.9 Å². The van der Waals surface area contributed by atoms with Crippen molar-refractivity contribution in [1.29, 1.82) is 0 Å². The van der Waals surface area contributed by atoms with Crippen LogP contribution in [0.4, 0.5) is 15.8 Å². The summed E-state index contributed by atoms with van der Waals surface area (Å²) in [5.41, 5.74) is 2.94. The van der Waals surface area contributed by atoms with Crippen LogP contribution < -0.4 is 10.2 Å². The van der Waals surface area contributed by atoms with Crippen LogP contribution in [0.2, 0.25) is 0 Å². The summed E-state index contributed by atoms with van der Waals surface area (Å²) in [6, 6.07) is 10.9. The number of para-hydroxylation sites is 1. The number of carbonyl (C=O) groups excluding carboxylic acids is 2. The van der Waals surface area contributed by atoms with E-state index < -0.39 is 23.7 Å². The molecule has 1 aliphatic heterocycles. The number of imide groups is 1. The predicted molar refractivity (Wildman–Crippen MR) is 86.8 cm³/mol. The van der Waals surface area contributed by atoms with Crippen LogP contribution in [0.5, 0.6) is 0 Å². The topological polar surface area (TPSA) is 49.4 Å². The number of halogens is 1. The van der Waals surface area contributed by atoms with Gasteiger partial charge in [-0.05, 0) is 43.2 Å². The van der Waals surface area contributed by atoms with Crippen molar-refractivity contribution in [2.75, 3.05) is 10.2 Å². The zero-order chi connectivity index (χ0) is 16.6. The molecule has 5 heteroatoms. The molecule has 1 fully saturated rings. The number of hydrogen-bond donors (Lipinski definition) is 1. The number of benzene rings is 2. The van der Waals surface area contributed by atoms with Gasteiger partial charge in [-0.3, -0.25) is 9.59 Å². The SMILES string of the molecule is Cc1cccc(NC2CC(=O)N(c3ccccc3F)C2=O)c1C. The average molecular weight is 312 g/mol. The van der Waals surface area contributed by atoms with E-state index in [-0.39, 0.29) is 12.1 Å². The van der Waals surface area contributed by atoms with Crippen LogP contribution in [0.3, 0.4) is 0 Å². The molecule has 0 bridgehead atoms. The third-order valence-corrected chi connectivity index (χ3v) is 4.17. The summed E-state index contributed by atoms with van der Waals surface area (Å²) in [5.74, 6) is -1.41. The smallest absolute Gasteiger partial charge is 0.256 e. The first-order valence-corrected chi connectivity index (χ1v) is 7.43. The van der Waals surface area contributed by atoms with Crippen LogP contribution >= 0.6 is 0 Å². The maximum atomic E-state index is 13.9. The maximum Gasteiger partial charge on any atom is 0.256 e. The van der Waals surface area contributed by atoms with Crippen molar-refractivity contribution in [3.8, 4) is 0 Å². The van der Waals surface area contributed by atoms with E-state index in [9.17, 15) is 14.0 Å². The molecule has 1 unspecified atom stereocenters. The Morgan fingerprint density at radius 1 is 1.09 bits per heavy atom. The minimum absolute atomic E-state index is 0.00719. The molecule has 1 aliphatic rings. The number of nitrogens with zero attached hydrogens (tertiary/aromatic N) is 1. The Balaban J connectivity index is 1.87. The molecule has 1 heterocycles. The molecule has 1 N–H and O–H groups in total. The fourth-order valence-electron chi connectivity index (χ4n) is 2.73. The van der Waals surface area contributed by atoms with Crippen LogP contribution in [0.15, 0.2) is 42.5 Å². The first-order valence-electron chi connectivity index (χ1n) is 7.43. The minimum atomic E-state index is -0.678. The highest BCUT2D eigenvalue weighted by molar-refractivity contribution is 6.23. The normalized spacial score (nSPS) is 17.7. The van der Waals surface area contributed by atoms with Crippen LogP contribution in [0.1, 0.15) is 17.5 Å². The molecule has 0 radical (unpaired) electrons. The van der Waals surface area contributed by atoms with Crippen LogP contribution in [-0.2, 0) is 9.59 Å². The number of rotatable bonds is 3. The summed E-state index contributed by atoms with van der Waals surface area (Å²) < 4.78 is 13.9. The molecule has 1 atom stereocenters. The van der Waals surface area contributed by atoms with E-state index in [4.69, 9.17) is 0 Å². The van der Waals surface area contributed by atoms with Gasteiger partial charge in [-0.2, -0.15) is 0 Å². The van der Waals surface area contributed by atoms with Gasteiger partial charge in [-0.15, -0.1) is 0 Å². The first-order chi connectivity index (χ1) is 11.0. The Hall–Kier alpha value is -2.69. The largest absolute Gasteiger partial charge is 0.373 e. The zero-order valence-corrected chi connectivity index (χ0v) is 13.0. The number of carbonyl (C=O) groups is 2. The Morgan fingerprint density at radius 2 is 1.83 bits per heavy atom. The summed E-state index contributed by atoms with van der Waals surface area (Å²) in [4.78, 5) is 25.7. The fourth-order valence-corrected chi connectivity index (χ4v) is 2.73. The van der Waals surface area contributed by atoms with Gasteiger partial charge in [-0.25, -0.2) is 9.29 Å². The second-order valence-electron chi connectivity index (χ2n) is 5.67. The Bertz CT molecular complexity index is 788. The molecule has 1 saturated heterocycles. The van der Waals surface area contributed by atoms with E-state index in [1.807, 2.05) is 32.0 Å². The summed E-state index contributed by atoms with van der Waals surface area (Å²) in [6.45, 7) is 3.93. The molecule has 2 aromatic rings. The maximum absolute atomic E-state index is 13.9. The van der Waals surface area contributed by atoms with Gasteiger partial charge in [0.05, 0.1) is 12.1 Å². The monoisotopic (exact) mass is 312 g/mol. The highest BCUT2D eigenvalue weighted by atomic mass is 19.1. The number of nitrogens with one attached hydrogen (secondary N) is 1. The molecule has 0 aromatic heterocycles. The van der Waals surface area contributed by atoms with Gasteiger partial charge in [0.25, 0.3) is 5.91 Å². The van der Waals surface area contributed by atoms with E-state index in [1.165, 1.54) is 18.2 Å². The fraction of sp³-hybridized carbons (Fsp3) is 0.222. The molecule has 0 spiro atoms. The van der Waals surface area contributed by atoms with E-state index >= 15 is 0 Å². The Labute approximate surface area is 133 Å². The second kappa shape index (κ2) is 5.83. The predicted octanol–water partition coefficient (Wildman–Crippen LogP) is 3.19. The number of aryl methyl sites for hydroxylation is 1. The van der Waals surface area contributed by atoms with Gasteiger partial charge >= 0.3 is 0 Å². The lowest BCUT2D eigenvalue weighted by atomic mass is 10.1. The summed E-state index contributed by atoms with van der Waals surface area (Å²) in [5, 5.41) is 3.11. The van der Waals surface area contributed by atoms with Crippen molar-refractivity contribution in [3.63, 3.8) is 0 Å². The Morgan fingerprint density at radius 3 is 2.57 bits per heavy atom.